The van der Waals surface area contributed by atoms with Gasteiger partial charge < -0.3 is 19.6 Å². The third-order valence-electron chi connectivity index (χ3n) is 2.19. The molecule has 0 amide bonds. The van der Waals surface area contributed by atoms with Crippen molar-refractivity contribution in [3.8, 4) is 0 Å². The number of esters is 1. The number of cyclic esters (lactones) is 1. The van der Waals surface area contributed by atoms with Gasteiger partial charge in [0.1, 0.15) is 0 Å². The predicted octanol–water partition coefficient (Wildman–Crippen LogP) is -1.80. The Kier molecular flexibility index (Phi) is 2.73. The minimum Gasteiger partial charge on any atom is -0.591 e. The molecule has 14 heavy (non-hydrogen) atoms. The fourth-order valence-corrected chi connectivity index (χ4v) is 2.91. The predicted molar refractivity (Wildman–Crippen MR) is 39.5 cm³/mol. The smallest absolute Gasteiger partial charge is 0.412 e. The minimum atomic E-state index is -3.53. The van der Waals surface area contributed by atoms with Gasteiger partial charge in [0, 0.05) is 0 Å². The molecule has 1 aliphatic rings. The van der Waals surface area contributed by atoms with E-state index in [2.05, 4.69) is 4.74 Å². The van der Waals surface area contributed by atoms with Crippen molar-refractivity contribution in [1.29, 1.82) is 0 Å². The summed E-state index contributed by atoms with van der Waals surface area (Å²) >= 11 is 0. The molecule has 78 valence electrons. The van der Waals surface area contributed by atoms with Crippen LogP contribution in [-0.2, 0) is 18.7 Å². The zero-order chi connectivity index (χ0) is 11.1. The first kappa shape index (κ1) is 11.6. The van der Waals surface area contributed by atoms with E-state index >= 15 is 0 Å². The van der Waals surface area contributed by atoms with Crippen LogP contribution in [-0.4, -0.2) is 28.2 Å². The van der Waals surface area contributed by atoms with Crippen LogP contribution in [0.4, 0.5) is 0 Å². The lowest BCUT2D eigenvalue weighted by Gasteiger charge is -2.19. The van der Waals surface area contributed by atoms with Crippen LogP contribution >= 0.6 is 16.1 Å². The molecule has 0 bridgehead atoms. The van der Waals surface area contributed by atoms with E-state index < -0.39 is 39.1 Å². The summed E-state index contributed by atoms with van der Waals surface area (Å²) in [5.74, 6) is -1.25. The lowest BCUT2D eigenvalue weighted by atomic mass is 10.1. The quantitative estimate of drug-likeness (QED) is 0.445. The van der Waals surface area contributed by atoms with Crippen LogP contribution in [0.5, 0.6) is 0 Å². The first-order valence-electron chi connectivity index (χ1n) is 3.45. The highest BCUT2D eigenvalue weighted by atomic mass is 31.2. The van der Waals surface area contributed by atoms with E-state index in [1.807, 2.05) is 0 Å². The van der Waals surface area contributed by atoms with Gasteiger partial charge in [0.2, 0.25) is 0 Å². The molecule has 0 aromatic heterocycles. The van der Waals surface area contributed by atoms with Crippen LogP contribution in [0, 0.1) is 0 Å². The van der Waals surface area contributed by atoms with Gasteiger partial charge in [-0.1, -0.05) is 9.13 Å². The fourth-order valence-electron chi connectivity index (χ4n) is 1.14. The minimum absolute atomic E-state index is 0.804. The highest BCUT2D eigenvalue weighted by Crippen LogP contribution is 2.57. The second-order valence-corrected chi connectivity index (χ2v) is 5.89. The number of rotatable bonds is 2. The van der Waals surface area contributed by atoms with Gasteiger partial charge in [-0.15, -0.1) is 0 Å². The Morgan fingerprint density at radius 3 is 2.00 bits per heavy atom. The molecule has 1 aliphatic heterocycles. The number of aliphatic hydroxyl groups is 1. The average molecular weight is 240 g/mol. The Labute approximate surface area is 80.4 Å². The standard InChI is InChI=1S/C5H6O7P2/c1-4(7)3(6)12-2-5(4,13(8)9)14(10)11/h7H,2H2,1H3. The summed E-state index contributed by atoms with van der Waals surface area (Å²) in [4.78, 5) is 29.9. The number of hydrogen-bond acceptors (Lipinski definition) is 7. The van der Waals surface area contributed by atoms with E-state index in [1.165, 1.54) is 0 Å². The van der Waals surface area contributed by atoms with Crippen LogP contribution in [0.3, 0.4) is 0 Å². The fraction of sp³-hybridized carbons (Fsp3) is 0.800. The van der Waals surface area contributed by atoms with Crippen molar-refractivity contribution in [3.63, 3.8) is 0 Å². The molecular formula is C5H6O7P2. The molecule has 0 radical (unpaired) electrons. The lowest BCUT2D eigenvalue weighted by Crippen LogP contribution is -2.50. The Balaban J connectivity index is 3.33. The molecule has 1 rings (SSSR count). The third kappa shape index (κ3) is 1.21. The van der Waals surface area contributed by atoms with Gasteiger partial charge in [-0.2, -0.15) is 0 Å². The van der Waals surface area contributed by atoms with E-state index in [9.17, 15) is 28.8 Å². The summed E-state index contributed by atoms with van der Waals surface area (Å²) in [6.07, 6.45) is 0. The second-order valence-electron chi connectivity index (χ2n) is 2.98. The number of hydrogen-bond donors (Lipinski definition) is 1. The number of carbonyl (C=O) groups excluding carboxylic acids is 1. The Hall–Kier alpha value is -0.450. The molecule has 0 aromatic carbocycles. The van der Waals surface area contributed by atoms with Crippen molar-refractivity contribution in [1.82, 2.24) is 0 Å². The Morgan fingerprint density at radius 2 is 1.86 bits per heavy atom. The normalized spacial score (nSPS) is 39.3. The molecule has 9 heteroatoms. The first-order chi connectivity index (χ1) is 6.26. The third-order valence-corrected chi connectivity index (χ3v) is 5.50. The Bertz CT molecular complexity index is 308. The summed E-state index contributed by atoms with van der Waals surface area (Å²) in [6.45, 7) is -0.0607. The molecule has 1 saturated heterocycles. The van der Waals surface area contributed by atoms with Crippen LogP contribution in [0.15, 0.2) is 0 Å². The lowest BCUT2D eigenvalue weighted by molar-refractivity contribution is -0.185. The van der Waals surface area contributed by atoms with Crippen LogP contribution in [0.25, 0.3) is 0 Å². The maximum absolute atomic E-state index is 10.9. The molecule has 7 nitrogen and oxygen atoms in total. The Morgan fingerprint density at radius 1 is 1.43 bits per heavy atom. The van der Waals surface area contributed by atoms with Gasteiger partial charge in [-0.05, 0) is 6.92 Å². The van der Waals surface area contributed by atoms with Crippen molar-refractivity contribution < 1.29 is 33.6 Å². The van der Waals surface area contributed by atoms with E-state index in [-0.39, 0.29) is 0 Å². The SMILES string of the molecule is CC1(O)C(=O)OCC1([P+](=O)[O-])[P+](=O)[O-]. The molecule has 1 fully saturated rings. The topological polar surface area (TPSA) is 127 Å². The molecule has 3 unspecified atom stereocenters. The summed E-state index contributed by atoms with van der Waals surface area (Å²) in [5, 5.41) is 9.47. The largest absolute Gasteiger partial charge is 0.591 e. The summed E-state index contributed by atoms with van der Waals surface area (Å²) in [7, 11) is -7.06. The molecule has 0 aliphatic carbocycles. The molecule has 0 aromatic rings. The summed E-state index contributed by atoms with van der Waals surface area (Å²) < 4.78 is 25.8. The second kappa shape index (κ2) is 3.29. The van der Waals surface area contributed by atoms with Gasteiger partial charge in [-0.3, -0.25) is 0 Å². The monoisotopic (exact) mass is 240 g/mol. The maximum Gasteiger partial charge on any atom is 0.412 e. The molecular weight excluding hydrogens is 234 g/mol. The van der Waals surface area contributed by atoms with Crippen molar-refractivity contribution in [2.24, 2.45) is 0 Å². The van der Waals surface area contributed by atoms with Crippen molar-refractivity contribution in [2.45, 2.75) is 17.4 Å². The molecule has 3 atom stereocenters. The summed E-state index contributed by atoms with van der Waals surface area (Å²) in [5.41, 5.74) is -2.54. The van der Waals surface area contributed by atoms with Crippen molar-refractivity contribution in [3.05, 3.63) is 0 Å². The van der Waals surface area contributed by atoms with Crippen LogP contribution < -0.4 is 9.79 Å². The van der Waals surface area contributed by atoms with E-state index in [4.69, 9.17) is 0 Å². The number of carbonyl (C=O) groups is 1. The molecule has 0 spiro atoms. The maximum atomic E-state index is 10.9. The van der Waals surface area contributed by atoms with E-state index in [0.29, 0.717) is 0 Å². The van der Waals surface area contributed by atoms with Gasteiger partial charge in [0.15, 0.2) is 6.61 Å². The zero-order valence-corrected chi connectivity index (χ0v) is 8.79. The van der Waals surface area contributed by atoms with E-state index in [1.54, 1.807) is 0 Å². The van der Waals surface area contributed by atoms with Crippen LogP contribution in [0.2, 0.25) is 0 Å². The van der Waals surface area contributed by atoms with Crippen molar-refractivity contribution >= 4 is 22.0 Å². The average Bonchev–Trinajstić information content (AvgIpc) is 2.24. The van der Waals surface area contributed by atoms with E-state index in [0.717, 1.165) is 6.92 Å². The molecule has 0 saturated carbocycles. The van der Waals surface area contributed by atoms with Gasteiger partial charge in [0.25, 0.3) is 5.60 Å². The van der Waals surface area contributed by atoms with Gasteiger partial charge in [-0.25, -0.2) is 4.79 Å². The molecule has 1 N–H and O–H groups in total. The first-order valence-corrected chi connectivity index (χ1v) is 5.81. The van der Waals surface area contributed by atoms with Gasteiger partial charge >= 0.3 is 26.9 Å². The summed E-state index contributed by atoms with van der Waals surface area (Å²) in [6, 6.07) is 0. The van der Waals surface area contributed by atoms with Gasteiger partial charge in [0.05, 0.1) is 0 Å². The highest BCUT2D eigenvalue weighted by Gasteiger charge is 2.78. The van der Waals surface area contributed by atoms with Crippen molar-refractivity contribution in [2.75, 3.05) is 6.61 Å². The molecule has 1 heterocycles. The number of ether oxygens (including phenoxy) is 1. The van der Waals surface area contributed by atoms with Crippen LogP contribution in [0.1, 0.15) is 6.92 Å². The highest BCUT2D eigenvalue weighted by molar-refractivity contribution is 7.58. The zero-order valence-electron chi connectivity index (χ0n) is 7.00.